The number of hydrogen-bond acceptors (Lipinski definition) is 3. The molecule has 0 amide bonds. The van der Waals surface area contributed by atoms with Crippen LogP contribution in [0.3, 0.4) is 0 Å². The Labute approximate surface area is 117 Å². The minimum absolute atomic E-state index is 0.0535. The number of hydrogen-bond donors (Lipinski definition) is 2. The van der Waals surface area contributed by atoms with E-state index in [2.05, 4.69) is 6.07 Å². The first-order valence-electron chi connectivity index (χ1n) is 6.29. The van der Waals surface area contributed by atoms with Crippen LogP contribution in [0.2, 0.25) is 0 Å². The van der Waals surface area contributed by atoms with Gasteiger partial charge in [0, 0.05) is 12.5 Å². The molecule has 2 aromatic carbocycles. The third-order valence-electron chi connectivity index (χ3n) is 3.21. The highest BCUT2D eigenvalue weighted by molar-refractivity contribution is 5.40. The Balaban J connectivity index is 2.50. The van der Waals surface area contributed by atoms with Gasteiger partial charge in [-0.2, -0.15) is 5.26 Å². The van der Waals surface area contributed by atoms with Gasteiger partial charge in [0.25, 0.3) is 0 Å². The summed E-state index contributed by atoms with van der Waals surface area (Å²) >= 11 is 0. The van der Waals surface area contributed by atoms with Crippen molar-refractivity contribution in [3.8, 4) is 6.07 Å². The van der Waals surface area contributed by atoms with Crippen molar-refractivity contribution < 1.29 is 9.50 Å². The molecule has 2 atom stereocenters. The van der Waals surface area contributed by atoms with Gasteiger partial charge < -0.3 is 10.8 Å². The van der Waals surface area contributed by atoms with Gasteiger partial charge in [0.1, 0.15) is 5.82 Å². The summed E-state index contributed by atoms with van der Waals surface area (Å²) in [4.78, 5) is 0. The number of aliphatic hydroxyl groups excluding tert-OH is 1. The molecule has 102 valence electrons. The van der Waals surface area contributed by atoms with Crippen LogP contribution in [0.4, 0.5) is 4.39 Å². The fraction of sp³-hybridized carbons (Fsp3) is 0.188. The number of nitrogens with zero attached hydrogens (tertiary/aromatic N) is 1. The molecule has 0 spiro atoms. The summed E-state index contributed by atoms with van der Waals surface area (Å²) < 4.78 is 13.4. The van der Waals surface area contributed by atoms with Gasteiger partial charge in [0.2, 0.25) is 0 Å². The molecular formula is C16H15FN2O. The van der Waals surface area contributed by atoms with E-state index in [0.29, 0.717) is 11.1 Å². The average Bonchev–Trinajstić information content (AvgIpc) is 2.47. The molecule has 0 bridgehead atoms. The Morgan fingerprint density at radius 1 is 1.15 bits per heavy atom. The molecule has 0 radical (unpaired) electrons. The quantitative estimate of drug-likeness (QED) is 0.894. The summed E-state index contributed by atoms with van der Waals surface area (Å²) in [6, 6.07) is 15.0. The van der Waals surface area contributed by atoms with Crippen LogP contribution in [-0.4, -0.2) is 17.8 Å². The number of rotatable bonds is 4. The lowest BCUT2D eigenvalue weighted by Crippen LogP contribution is -2.28. The van der Waals surface area contributed by atoms with Crippen molar-refractivity contribution in [3.63, 3.8) is 0 Å². The highest BCUT2D eigenvalue weighted by Gasteiger charge is 2.22. The van der Waals surface area contributed by atoms with Crippen molar-refractivity contribution in [2.75, 3.05) is 6.54 Å². The molecule has 0 saturated carbocycles. The number of aliphatic hydroxyl groups is 1. The zero-order valence-corrected chi connectivity index (χ0v) is 10.8. The zero-order chi connectivity index (χ0) is 14.5. The van der Waals surface area contributed by atoms with Crippen LogP contribution in [0.5, 0.6) is 0 Å². The molecule has 3 nitrogen and oxygen atoms in total. The molecule has 0 heterocycles. The van der Waals surface area contributed by atoms with Gasteiger partial charge >= 0.3 is 0 Å². The standard InChI is InChI=1S/C16H15FN2O/c17-14-6-2-5-13(8-14)16(15(20)10-19)12-4-1-3-11(7-12)9-18/h1-8,15-16,20H,10,19H2/t15-,16+/m0/s1. The molecule has 20 heavy (non-hydrogen) atoms. The molecule has 0 unspecified atom stereocenters. The van der Waals surface area contributed by atoms with E-state index in [1.807, 2.05) is 0 Å². The second kappa shape index (κ2) is 6.29. The molecule has 0 aliphatic carbocycles. The van der Waals surface area contributed by atoms with Crippen molar-refractivity contribution in [3.05, 3.63) is 71.0 Å². The molecule has 0 aromatic heterocycles. The Bertz CT molecular complexity index is 636. The molecule has 4 heteroatoms. The van der Waals surface area contributed by atoms with Gasteiger partial charge in [-0.05, 0) is 35.4 Å². The number of nitriles is 1. The minimum Gasteiger partial charge on any atom is -0.391 e. The van der Waals surface area contributed by atoms with E-state index in [9.17, 15) is 9.50 Å². The summed E-state index contributed by atoms with van der Waals surface area (Å²) in [5.41, 5.74) is 7.42. The molecule has 0 aliphatic heterocycles. The summed E-state index contributed by atoms with van der Waals surface area (Å²) in [6.07, 6.45) is -0.842. The summed E-state index contributed by atoms with van der Waals surface area (Å²) in [5.74, 6) is -0.822. The smallest absolute Gasteiger partial charge is 0.123 e. The predicted octanol–water partition coefficient (Wildman–Crippen LogP) is 2.15. The largest absolute Gasteiger partial charge is 0.391 e. The molecule has 0 aliphatic rings. The minimum atomic E-state index is -0.842. The number of nitrogens with two attached hydrogens (primary N) is 1. The lowest BCUT2D eigenvalue weighted by atomic mass is 9.86. The van der Waals surface area contributed by atoms with E-state index in [4.69, 9.17) is 11.0 Å². The fourth-order valence-corrected chi connectivity index (χ4v) is 2.27. The predicted molar refractivity (Wildman–Crippen MR) is 74.5 cm³/mol. The van der Waals surface area contributed by atoms with Gasteiger partial charge in [-0.1, -0.05) is 24.3 Å². The number of halogens is 1. The van der Waals surface area contributed by atoms with E-state index >= 15 is 0 Å². The first-order valence-corrected chi connectivity index (χ1v) is 6.29. The van der Waals surface area contributed by atoms with Gasteiger partial charge in [-0.15, -0.1) is 0 Å². The second-order valence-corrected chi connectivity index (χ2v) is 4.57. The van der Waals surface area contributed by atoms with E-state index < -0.39 is 12.0 Å². The maximum absolute atomic E-state index is 13.4. The highest BCUT2D eigenvalue weighted by atomic mass is 19.1. The van der Waals surface area contributed by atoms with E-state index in [1.165, 1.54) is 12.1 Å². The number of benzene rings is 2. The van der Waals surface area contributed by atoms with Crippen LogP contribution in [0.1, 0.15) is 22.6 Å². The fourth-order valence-electron chi connectivity index (χ4n) is 2.27. The molecular weight excluding hydrogens is 255 g/mol. The first kappa shape index (κ1) is 14.2. The maximum Gasteiger partial charge on any atom is 0.123 e. The van der Waals surface area contributed by atoms with Gasteiger partial charge in [0.15, 0.2) is 0 Å². The van der Waals surface area contributed by atoms with Crippen LogP contribution in [-0.2, 0) is 0 Å². The van der Waals surface area contributed by atoms with Crippen LogP contribution in [0.15, 0.2) is 48.5 Å². The monoisotopic (exact) mass is 270 g/mol. The Morgan fingerprint density at radius 2 is 1.80 bits per heavy atom. The topological polar surface area (TPSA) is 70.0 Å². The van der Waals surface area contributed by atoms with Crippen LogP contribution >= 0.6 is 0 Å². The Morgan fingerprint density at radius 3 is 2.40 bits per heavy atom. The van der Waals surface area contributed by atoms with Crippen LogP contribution in [0.25, 0.3) is 0 Å². The van der Waals surface area contributed by atoms with Crippen molar-refractivity contribution in [1.29, 1.82) is 5.26 Å². The van der Waals surface area contributed by atoms with E-state index in [0.717, 1.165) is 5.56 Å². The van der Waals surface area contributed by atoms with Gasteiger partial charge in [-0.3, -0.25) is 0 Å². The zero-order valence-electron chi connectivity index (χ0n) is 10.8. The first-order chi connectivity index (χ1) is 9.65. The lowest BCUT2D eigenvalue weighted by Gasteiger charge is -2.23. The molecule has 2 rings (SSSR count). The molecule has 0 fully saturated rings. The van der Waals surface area contributed by atoms with Crippen molar-refractivity contribution in [2.24, 2.45) is 5.73 Å². The van der Waals surface area contributed by atoms with Crippen LogP contribution in [0, 0.1) is 17.1 Å². The van der Waals surface area contributed by atoms with E-state index in [1.54, 1.807) is 36.4 Å². The Hall–Kier alpha value is -2.22. The van der Waals surface area contributed by atoms with Gasteiger partial charge in [-0.25, -0.2) is 4.39 Å². The van der Waals surface area contributed by atoms with Gasteiger partial charge in [0.05, 0.1) is 17.7 Å². The SMILES string of the molecule is N#Cc1cccc([C@H](c2cccc(F)c2)[C@@H](O)CN)c1. The second-order valence-electron chi connectivity index (χ2n) is 4.57. The highest BCUT2D eigenvalue weighted by Crippen LogP contribution is 2.29. The molecule has 2 aromatic rings. The average molecular weight is 270 g/mol. The normalized spacial score (nSPS) is 13.5. The molecule has 0 saturated heterocycles. The van der Waals surface area contributed by atoms with E-state index in [-0.39, 0.29) is 12.4 Å². The van der Waals surface area contributed by atoms with Crippen molar-refractivity contribution in [2.45, 2.75) is 12.0 Å². The Kier molecular flexibility index (Phi) is 4.46. The van der Waals surface area contributed by atoms with Crippen LogP contribution < -0.4 is 5.73 Å². The summed E-state index contributed by atoms with van der Waals surface area (Å²) in [5, 5.41) is 19.1. The maximum atomic E-state index is 13.4. The third-order valence-corrected chi connectivity index (χ3v) is 3.21. The third kappa shape index (κ3) is 3.02. The lowest BCUT2D eigenvalue weighted by molar-refractivity contribution is 0.164. The van der Waals surface area contributed by atoms with Crippen molar-refractivity contribution >= 4 is 0 Å². The summed E-state index contributed by atoms with van der Waals surface area (Å²) in [6.45, 7) is 0.0535. The summed E-state index contributed by atoms with van der Waals surface area (Å²) in [7, 11) is 0. The molecule has 3 N–H and O–H groups in total. The van der Waals surface area contributed by atoms with Crippen molar-refractivity contribution in [1.82, 2.24) is 0 Å².